The number of rotatable bonds is 3. The summed E-state index contributed by atoms with van der Waals surface area (Å²) in [6, 6.07) is 6.53. The Kier molecular flexibility index (Phi) is 4.87. The molecule has 19 heavy (non-hydrogen) atoms. The van der Waals surface area contributed by atoms with Crippen molar-refractivity contribution in [3.8, 4) is 0 Å². The van der Waals surface area contributed by atoms with E-state index in [0.29, 0.717) is 0 Å². The average Bonchev–Trinajstić information content (AvgIpc) is 2.53. The molecular formula is C15H23BrN2O. The molecule has 1 aromatic carbocycles. The highest BCUT2D eigenvalue weighted by Crippen LogP contribution is 2.28. The number of anilines is 1. The number of halogens is 1. The summed E-state index contributed by atoms with van der Waals surface area (Å²) in [6.07, 6.45) is 2.77. The molecule has 1 saturated heterocycles. The Bertz CT molecular complexity index is 434. The molecule has 0 saturated carbocycles. The van der Waals surface area contributed by atoms with Gasteiger partial charge in [-0.15, -0.1) is 0 Å². The molecule has 1 atom stereocenters. The first-order valence-corrected chi connectivity index (χ1v) is 7.71. The summed E-state index contributed by atoms with van der Waals surface area (Å²) in [5.41, 5.74) is 2.01. The van der Waals surface area contributed by atoms with E-state index in [0.717, 1.165) is 43.4 Å². The molecule has 4 heteroatoms. The van der Waals surface area contributed by atoms with E-state index >= 15 is 0 Å². The van der Waals surface area contributed by atoms with Crippen molar-refractivity contribution in [3.63, 3.8) is 0 Å². The number of benzene rings is 1. The van der Waals surface area contributed by atoms with Crippen LogP contribution in [0.2, 0.25) is 0 Å². The molecular weight excluding hydrogens is 304 g/mol. The molecule has 0 bridgehead atoms. The van der Waals surface area contributed by atoms with Crippen molar-refractivity contribution in [3.05, 3.63) is 28.2 Å². The molecule has 1 aliphatic rings. The lowest BCUT2D eigenvalue weighted by Gasteiger charge is -2.25. The van der Waals surface area contributed by atoms with Gasteiger partial charge in [0.25, 0.3) is 0 Å². The highest BCUT2D eigenvalue weighted by molar-refractivity contribution is 9.10. The second kappa shape index (κ2) is 6.25. The average molecular weight is 327 g/mol. The van der Waals surface area contributed by atoms with Crippen LogP contribution >= 0.6 is 15.9 Å². The van der Waals surface area contributed by atoms with Crippen LogP contribution in [-0.4, -0.2) is 30.8 Å². The van der Waals surface area contributed by atoms with Crippen LogP contribution in [0.4, 0.5) is 5.69 Å². The van der Waals surface area contributed by atoms with Gasteiger partial charge in [0.1, 0.15) is 0 Å². The lowest BCUT2D eigenvalue weighted by molar-refractivity contribution is 0.0481. The van der Waals surface area contributed by atoms with Crippen molar-refractivity contribution in [2.24, 2.45) is 0 Å². The molecule has 1 aliphatic heterocycles. The molecule has 1 aromatic rings. The fourth-order valence-corrected chi connectivity index (χ4v) is 3.10. The molecule has 0 aliphatic carbocycles. The Labute approximate surface area is 124 Å². The van der Waals surface area contributed by atoms with E-state index in [4.69, 9.17) is 0 Å². The third-order valence-corrected chi connectivity index (χ3v) is 4.57. The number of nitrogens with one attached hydrogen (secondary N) is 1. The van der Waals surface area contributed by atoms with Gasteiger partial charge in [-0.1, -0.05) is 22.0 Å². The Morgan fingerprint density at radius 2 is 2.16 bits per heavy atom. The first-order chi connectivity index (χ1) is 9.02. The SMILES string of the molecule is CNCc1ccc(N2CCCC(C)(O)CC2)cc1Br. The third kappa shape index (κ3) is 3.94. The van der Waals surface area contributed by atoms with Crippen molar-refractivity contribution in [2.45, 2.75) is 38.3 Å². The summed E-state index contributed by atoms with van der Waals surface area (Å²) in [6.45, 7) is 4.76. The molecule has 0 aromatic heterocycles. The summed E-state index contributed by atoms with van der Waals surface area (Å²) in [5, 5.41) is 13.3. The number of hydrogen-bond donors (Lipinski definition) is 2. The highest BCUT2D eigenvalue weighted by atomic mass is 79.9. The van der Waals surface area contributed by atoms with Crippen LogP contribution in [0, 0.1) is 0 Å². The predicted molar refractivity (Wildman–Crippen MR) is 83.6 cm³/mol. The standard InChI is InChI=1S/C15H23BrN2O/c1-15(19)6-3-8-18(9-7-15)13-5-4-12(11-17-2)14(16)10-13/h4-5,10,17,19H,3,6-9,11H2,1-2H3. The van der Waals surface area contributed by atoms with Gasteiger partial charge >= 0.3 is 0 Å². The monoisotopic (exact) mass is 326 g/mol. The van der Waals surface area contributed by atoms with Crippen molar-refractivity contribution < 1.29 is 5.11 Å². The van der Waals surface area contributed by atoms with Crippen molar-refractivity contribution >= 4 is 21.6 Å². The van der Waals surface area contributed by atoms with Gasteiger partial charge in [-0.05, 0) is 50.9 Å². The van der Waals surface area contributed by atoms with Gasteiger partial charge < -0.3 is 15.3 Å². The molecule has 2 rings (SSSR count). The van der Waals surface area contributed by atoms with Crippen LogP contribution in [-0.2, 0) is 6.54 Å². The minimum atomic E-state index is -0.502. The topological polar surface area (TPSA) is 35.5 Å². The Hall–Kier alpha value is -0.580. The zero-order chi connectivity index (χ0) is 13.9. The zero-order valence-electron chi connectivity index (χ0n) is 11.7. The Morgan fingerprint density at radius 3 is 2.84 bits per heavy atom. The van der Waals surface area contributed by atoms with Crippen LogP contribution < -0.4 is 10.2 Å². The fraction of sp³-hybridized carbons (Fsp3) is 0.600. The minimum absolute atomic E-state index is 0.502. The third-order valence-electron chi connectivity index (χ3n) is 3.83. The van der Waals surface area contributed by atoms with Gasteiger partial charge in [-0.3, -0.25) is 0 Å². The van der Waals surface area contributed by atoms with Crippen LogP contribution in [0.25, 0.3) is 0 Å². The van der Waals surface area contributed by atoms with Crippen LogP contribution in [0.3, 0.4) is 0 Å². The smallest absolute Gasteiger partial charge is 0.0637 e. The van der Waals surface area contributed by atoms with Gasteiger partial charge in [0, 0.05) is 29.8 Å². The van der Waals surface area contributed by atoms with Gasteiger partial charge in [0.05, 0.1) is 5.60 Å². The summed E-state index contributed by atoms with van der Waals surface area (Å²) >= 11 is 3.64. The van der Waals surface area contributed by atoms with Gasteiger partial charge in [0.15, 0.2) is 0 Å². The Morgan fingerprint density at radius 1 is 1.37 bits per heavy atom. The summed E-state index contributed by atoms with van der Waals surface area (Å²) in [4.78, 5) is 2.37. The van der Waals surface area contributed by atoms with E-state index in [-0.39, 0.29) is 0 Å². The second-order valence-electron chi connectivity index (χ2n) is 5.64. The summed E-state index contributed by atoms with van der Waals surface area (Å²) in [5.74, 6) is 0. The lowest BCUT2D eigenvalue weighted by Crippen LogP contribution is -2.28. The number of hydrogen-bond acceptors (Lipinski definition) is 3. The molecule has 0 radical (unpaired) electrons. The molecule has 1 heterocycles. The van der Waals surface area contributed by atoms with Gasteiger partial charge in [-0.25, -0.2) is 0 Å². The van der Waals surface area contributed by atoms with Crippen molar-refractivity contribution in [1.29, 1.82) is 0 Å². The molecule has 0 amide bonds. The second-order valence-corrected chi connectivity index (χ2v) is 6.50. The molecule has 106 valence electrons. The van der Waals surface area contributed by atoms with Crippen LogP contribution in [0.15, 0.2) is 22.7 Å². The van der Waals surface area contributed by atoms with Crippen molar-refractivity contribution in [2.75, 3.05) is 25.0 Å². The van der Waals surface area contributed by atoms with E-state index in [1.54, 1.807) is 0 Å². The van der Waals surface area contributed by atoms with E-state index in [9.17, 15) is 5.11 Å². The maximum atomic E-state index is 10.1. The van der Waals surface area contributed by atoms with Gasteiger partial charge in [0.2, 0.25) is 0 Å². The molecule has 3 nitrogen and oxygen atoms in total. The summed E-state index contributed by atoms with van der Waals surface area (Å²) < 4.78 is 1.15. The quantitative estimate of drug-likeness (QED) is 0.896. The fourth-order valence-electron chi connectivity index (χ4n) is 2.59. The maximum absolute atomic E-state index is 10.1. The largest absolute Gasteiger partial charge is 0.390 e. The maximum Gasteiger partial charge on any atom is 0.0637 e. The Balaban J connectivity index is 2.11. The molecule has 1 unspecified atom stereocenters. The molecule has 1 fully saturated rings. The van der Waals surface area contributed by atoms with E-state index in [2.05, 4.69) is 44.3 Å². The van der Waals surface area contributed by atoms with Crippen LogP contribution in [0.5, 0.6) is 0 Å². The van der Waals surface area contributed by atoms with Crippen LogP contribution in [0.1, 0.15) is 31.7 Å². The summed E-state index contributed by atoms with van der Waals surface area (Å²) in [7, 11) is 1.96. The minimum Gasteiger partial charge on any atom is -0.390 e. The van der Waals surface area contributed by atoms with E-state index in [1.807, 2.05) is 14.0 Å². The number of aliphatic hydroxyl groups is 1. The first-order valence-electron chi connectivity index (χ1n) is 6.92. The number of nitrogens with zero attached hydrogens (tertiary/aromatic N) is 1. The van der Waals surface area contributed by atoms with Gasteiger partial charge in [-0.2, -0.15) is 0 Å². The molecule has 0 spiro atoms. The predicted octanol–water partition coefficient (Wildman–Crippen LogP) is 2.91. The van der Waals surface area contributed by atoms with E-state index < -0.39 is 5.60 Å². The highest BCUT2D eigenvalue weighted by Gasteiger charge is 2.25. The normalized spacial score (nSPS) is 24.3. The van der Waals surface area contributed by atoms with Crippen molar-refractivity contribution in [1.82, 2.24) is 5.32 Å². The molecule has 2 N–H and O–H groups in total. The zero-order valence-corrected chi connectivity index (χ0v) is 13.3. The first kappa shape index (κ1) is 14.8. The lowest BCUT2D eigenvalue weighted by atomic mass is 9.98. The van der Waals surface area contributed by atoms with E-state index in [1.165, 1.54) is 11.3 Å².